The second-order valence-corrected chi connectivity index (χ2v) is 3.32. The number of carbonyl (C=O) groups excluding carboxylic acids is 1. The lowest BCUT2D eigenvalue weighted by molar-refractivity contribution is -0.128. The van der Waals surface area contributed by atoms with Crippen LogP contribution in [0.4, 0.5) is 0 Å². The molecule has 1 aromatic heterocycles. The summed E-state index contributed by atoms with van der Waals surface area (Å²) in [6.07, 6.45) is 2.33. The first kappa shape index (κ1) is 11.7. The summed E-state index contributed by atoms with van der Waals surface area (Å²) in [5, 5.41) is 20.1. The number of hydrogen-bond donors (Lipinski definition) is 1. The van der Waals surface area contributed by atoms with Crippen molar-refractivity contribution in [1.29, 1.82) is 0 Å². The zero-order chi connectivity index (χ0) is 13.0. The number of rotatable bonds is 3. The molecule has 0 saturated heterocycles. The molecule has 6 heteroatoms. The van der Waals surface area contributed by atoms with Gasteiger partial charge in [-0.3, -0.25) is 0 Å². The first-order valence-corrected chi connectivity index (χ1v) is 5.02. The van der Waals surface area contributed by atoms with Crippen LogP contribution < -0.4 is 4.74 Å². The van der Waals surface area contributed by atoms with Crippen LogP contribution in [0, 0.1) is 0 Å². The maximum atomic E-state index is 11.2. The number of aromatic hydroxyl groups is 1. The Morgan fingerprint density at radius 1 is 1.33 bits per heavy atom. The van der Waals surface area contributed by atoms with Gasteiger partial charge in [-0.15, -0.1) is 10.2 Å². The molecule has 0 atom stereocenters. The highest BCUT2D eigenvalue weighted by molar-refractivity contribution is 5.84. The molecular weight excluding hydrogens is 234 g/mol. The number of esters is 1. The maximum absolute atomic E-state index is 11.2. The van der Waals surface area contributed by atoms with E-state index in [2.05, 4.69) is 22.0 Å². The molecule has 1 N–H and O–H groups in total. The molecule has 0 unspecified atom stereocenters. The number of phenolic OH excluding ortho intramolecular Hbond substituents is 1. The van der Waals surface area contributed by atoms with Gasteiger partial charge in [-0.2, -0.15) is 0 Å². The normalized spacial score (nSPS) is 9.78. The summed E-state index contributed by atoms with van der Waals surface area (Å²) in [7, 11) is 0. The van der Waals surface area contributed by atoms with Crippen molar-refractivity contribution in [2.24, 2.45) is 0 Å². The number of hydrogen-bond acceptors (Lipinski definition) is 6. The Labute approximate surface area is 103 Å². The lowest BCUT2D eigenvalue weighted by atomic mass is 10.1. The molecule has 0 radical (unpaired) electrons. The van der Waals surface area contributed by atoms with Crippen molar-refractivity contribution < 1.29 is 14.6 Å². The fourth-order valence-corrected chi connectivity index (χ4v) is 1.30. The Kier molecular flexibility index (Phi) is 3.29. The third-order valence-corrected chi connectivity index (χ3v) is 2.12. The first-order chi connectivity index (χ1) is 8.70. The summed E-state index contributed by atoms with van der Waals surface area (Å²) in [6, 6.07) is 6.25. The summed E-state index contributed by atoms with van der Waals surface area (Å²) >= 11 is 0. The number of phenols is 1. The summed E-state index contributed by atoms with van der Waals surface area (Å²) < 4.78 is 4.99. The fraction of sp³-hybridized carbons (Fsp3) is 0. The minimum Gasteiger partial charge on any atom is -0.508 e. The van der Waals surface area contributed by atoms with Crippen molar-refractivity contribution in [3.63, 3.8) is 0 Å². The van der Waals surface area contributed by atoms with Gasteiger partial charge in [0.25, 0.3) is 0 Å². The highest BCUT2D eigenvalue weighted by Crippen LogP contribution is 2.27. The molecule has 0 aliphatic heterocycles. The van der Waals surface area contributed by atoms with Crippen molar-refractivity contribution in [2.45, 2.75) is 0 Å². The van der Waals surface area contributed by atoms with Crippen LogP contribution >= 0.6 is 0 Å². The molecule has 0 aliphatic carbocycles. The smallest absolute Gasteiger partial charge is 0.335 e. The van der Waals surface area contributed by atoms with E-state index in [1.54, 1.807) is 12.1 Å². The average Bonchev–Trinajstić information content (AvgIpc) is 2.40. The van der Waals surface area contributed by atoms with Gasteiger partial charge >= 0.3 is 5.97 Å². The van der Waals surface area contributed by atoms with Crippen LogP contribution in [0.25, 0.3) is 11.3 Å². The SMILES string of the molecule is C=CC(=O)Oc1cnnnc1-c1ccc(O)cc1. The van der Waals surface area contributed by atoms with Crippen molar-refractivity contribution in [1.82, 2.24) is 15.4 Å². The van der Waals surface area contributed by atoms with Crippen LogP contribution in [0.15, 0.2) is 43.1 Å². The Balaban J connectivity index is 2.41. The molecule has 0 saturated carbocycles. The topological polar surface area (TPSA) is 85.2 Å². The standard InChI is InChI=1S/C12H9N3O3/c1-2-11(17)18-10-7-13-15-14-12(10)8-3-5-9(16)6-4-8/h2-7,16H,1H2. The summed E-state index contributed by atoms with van der Waals surface area (Å²) in [6.45, 7) is 3.31. The van der Waals surface area contributed by atoms with Crippen LogP contribution in [-0.2, 0) is 4.79 Å². The van der Waals surface area contributed by atoms with Crippen molar-refractivity contribution in [2.75, 3.05) is 0 Å². The molecule has 0 bridgehead atoms. The first-order valence-electron chi connectivity index (χ1n) is 5.02. The molecule has 6 nitrogen and oxygen atoms in total. The van der Waals surface area contributed by atoms with Crippen LogP contribution in [-0.4, -0.2) is 26.5 Å². The molecule has 0 fully saturated rings. The van der Waals surface area contributed by atoms with E-state index in [4.69, 9.17) is 4.74 Å². The zero-order valence-electron chi connectivity index (χ0n) is 9.28. The lowest BCUT2D eigenvalue weighted by Gasteiger charge is -2.06. The quantitative estimate of drug-likeness (QED) is 0.646. The van der Waals surface area contributed by atoms with Gasteiger partial charge in [0, 0.05) is 11.6 Å². The Morgan fingerprint density at radius 3 is 2.72 bits per heavy atom. The van der Waals surface area contributed by atoms with E-state index in [-0.39, 0.29) is 11.5 Å². The van der Waals surface area contributed by atoms with Crippen LogP contribution in [0.5, 0.6) is 11.5 Å². The van der Waals surface area contributed by atoms with Gasteiger partial charge in [0.05, 0.1) is 6.20 Å². The Hall–Kier alpha value is -2.76. The van der Waals surface area contributed by atoms with Crippen LogP contribution in [0.1, 0.15) is 0 Å². The molecular formula is C12H9N3O3. The van der Waals surface area contributed by atoms with Gasteiger partial charge < -0.3 is 9.84 Å². The summed E-state index contributed by atoms with van der Waals surface area (Å²) in [5.41, 5.74) is 1.01. The van der Waals surface area contributed by atoms with E-state index in [0.29, 0.717) is 11.3 Å². The molecule has 0 aliphatic rings. The second kappa shape index (κ2) is 5.05. The average molecular weight is 243 g/mol. The molecule has 2 aromatic rings. The minimum atomic E-state index is -0.607. The fourth-order valence-electron chi connectivity index (χ4n) is 1.30. The third-order valence-electron chi connectivity index (χ3n) is 2.12. The lowest BCUT2D eigenvalue weighted by Crippen LogP contribution is -2.06. The number of nitrogens with zero attached hydrogens (tertiary/aromatic N) is 3. The van der Waals surface area contributed by atoms with Gasteiger partial charge in [-0.05, 0) is 29.5 Å². The third kappa shape index (κ3) is 2.49. The number of carbonyl (C=O) groups is 1. The maximum Gasteiger partial charge on any atom is 0.335 e. The van der Waals surface area contributed by atoms with E-state index >= 15 is 0 Å². The minimum absolute atomic E-state index is 0.130. The molecule has 18 heavy (non-hydrogen) atoms. The van der Waals surface area contributed by atoms with E-state index < -0.39 is 5.97 Å². The van der Waals surface area contributed by atoms with E-state index in [1.165, 1.54) is 18.3 Å². The largest absolute Gasteiger partial charge is 0.508 e. The van der Waals surface area contributed by atoms with Gasteiger partial charge in [0.1, 0.15) is 11.4 Å². The molecule has 0 spiro atoms. The molecule has 2 rings (SSSR count). The van der Waals surface area contributed by atoms with Crippen molar-refractivity contribution >= 4 is 5.97 Å². The molecule has 1 aromatic carbocycles. The van der Waals surface area contributed by atoms with Gasteiger partial charge in [-0.1, -0.05) is 6.58 Å². The highest BCUT2D eigenvalue weighted by atomic mass is 16.5. The summed E-state index contributed by atoms with van der Waals surface area (Å²) in [4.78, 5) is 11.2. The Morgan fingerprint density at radius 2 is 2.06 bits per heavy atom. The van der Waals surface area contributed by atoms with Gasteiger partial charge in [0.2, 0.25) is 0 Å². The van der Waals surface area contributed by atoms with Crippen molar-refractivity contribution in [3.8, 4) is 22.8 Å². The molecule has 90 valence electrons. The van der Waals surface area contributed by atoms with Gasteiger partial charge in [0.15, 0.2) is 5.75 Å². The van der Waals surface area contributed by atoms with E-state index in [0.717, 1.165) is 6.08 Å². The summed E-state index contributed by atoms with van der Waals surface area (Å²) in [5.74, 6) is -0.296. The van der Waals surface area contributed by atoms with Crippen LogP contribution in [0.3, 0.4) is 0 Å². The van der Waals surface area contributed by atoms with E-state index in [9.17, 15) is 9.90 Å². The number of benzene rings is 1. The second-order valence-electron chi connectivity index (χ2n) is 3.32. The molecule has 1 heterocycles. The molecule has 0 amide bonds. The van der Waals surface area contributed by atoms with Crippen LogP contribution in [0.2, 0.25) is 0 Å². The predicted molar refractivity (Wildman–Crippen MR) is 62.8 cm³/mol. The van der Waals surface area contributed by atoms with Gasteiger partial charge in [-0.25, -0.2) is 4.79 Å². The number of ether oxygens (including phenoxy) is 1. The monoisotopic (exact) mass is 243 g/mol. The predicted octanol–water partition coefficient (Wildman–Crippen LogP) is 1.34. The highest BCUT2D eigenvalue weighted by Gasteiger charge is 2.11. The van der Waals surface area contributed by atoms with Crippen molar-refractivity contribution in [3.05, 3.63) is 43.1 Å². The number of aromatic nitrogens is 3. The van der Waals surface area contributed by atoms with E-state index in [1.807, 2.05) is 0 Å². The zero-order valence-corrected chi connectivity index (χ0v) is 9.28. The Bertz CT molecular complexity index is 581.